The third-order valence-electron chi connectivity index (χ3n) is 2.63. The van der Waals surface area contributed by atoms with Crippen molar-refractivity contribution in [2.24, 2.45) is 11.7 Å². The summed E-state index contributed by atoms with van der Waals surface area (Å²) < 4.78 is 10.6. The van der Waals surface area contributed by atoms with Crippen molar-refractivity contribution in [3.8, 4) is 0 Å². The van der Waals surface area contributed by atoms with Gasteiger partial charge < -0.3 is 15.2 Å². The molecule has 1 heterocycles. The fraction of sp³-hybridized carbons (Fsp3) is 0.900. The molecule has 0 saturated carbocycles. The van der Waals surface area contributed by atoms with Crippen molar-refractivity contribution in [3.63, 3.8) is 0 Å². The fourth-order valence-corrected chi connectivity index (χ4v) is 1.51. The van der Waals surface area contributed by atoms with Gasteiger partial charge in [0.05, 0.1) is 12.2 Å². The molecule has 0 aliphatic carbocycles. The van der Waals surface area contributed by atoms with Crippen LogP contribution in [0.3, 0.4) is 0 Å². The van der Waals surface area contributed by atoms with E-state index in [2.05, 4.69) is 6.92 Å². The van der Waals surface area contributed by atoms with Crippen molar-refractivity contribution in [1.29, 1.82) is 0 Å². The van der Waals surface area contributed by atoms with E-state index in [0.717, 1.165) is 6.42 Å². The van der Waals surface area contributed by atoms with E-state index in [9.17, 15) is 4.79 Å². The SMILES string of the molecule is CC(N)C(=O)OC[C@@H]1C[C@H](C)[C@H](C)O1. The number of nitrogens with two attached hydrogens (primary N) is 1. The van der Waals surface area contributed by atoms with E-state index in [0.29, 0.717) is 12.5 Å². The minimum absolute atomic E-state index is 0.0442. The second-order valence-corrected chi connectivity index (χ2v) is 4.09. The molecule has 1 aliphatic rings. The number of rotatable bonds is 3. The molecule has 0 radical (unpaired) electrons. The van der Waals surface area contributed by atoms with E-state index < -0.39 is 6.04 Å². The average molecular weight is 201 g/mol. The van der Waals surface area contributed by atoms with Gasteiger partial charge in [-0.25, -0.2) is 0 Å². The van der Waals surface area contributed by atoms with Gasteiger partial charge in [0.1, 0.15) is 12.6 Å². The highest BCUT2D eigenvalue weighted by Gasteiger charge is 2.29. The number of esters is 1. The lowest BCUT2D eigenvalue weighted by Crippen LogP contribution is -2.31. The van der Waals surface area contributed by atoms with Crippen LogP contribution in [0.25, 0.3) is 0 Å². The summed E-state index contributed by atoms with van der Waals surface area (Å²) in [5.41, 5.74) is 5.36. The third kappa shape index (κ3) is 2.96. The Hall–Kier alpha value is -0.610. The molecule has 4 nitrogen and oxygen atoms in total. The lowest BCUT2D eigenvalue weighted by molar-refractivity contribution is -0.148. The van der Waals surface area contributed by atoms with Crippen LogP contribution < -0.4 is 5.73 Å². The van der Waals surface area contributed by atoms with Gasteiger partial charge in [0.25, 0.3) is 0 Å². The van der Waals surface area contributed by atoms with E-state index in [4.69, 9.17) is 15.2 Å². The van der Waals surface area contributed by atoms with E-state index in [1.165, 1.54) is 0 Å². The second-order valence-electron chi connectivity index (χ2n) is 4.09. The maximum atomic E-state index is 11.1. The van der Waals surface area contributed by atoms with Crippen LogP contribution in [0.2, 0.25) is 0 Å². The molecular weight excluding hydrogens is 182 g/mol. The van der Waals surface area contributed by atoms with Gasteiger partial charge >= 0.3 is 5.97 Å². The lowest BCUT2D eigenvalue weighted by atomic mass is 10.0. The van der Waals surface area contributed by atoms with Crippen LogP contribution in [0.4, 0.5) is 0 Å². The van der Waals surface area contributed by atoms with Crippen LogP contribution in [0.15, 0.2) is 0 Å². The molecule has 4 atom stereocenters. The van der Waals surface area contributed by atoms with Gasteiger partial charge in [-0.05, 0) is 26.2 Å². The van der Waals surface area contributed by atoms with Crippen LogP contribution in [-0.2, 0) is 14.3 Å². The Labute approximate surface area is 84.7 Å². The van der Waals surface area contributed by atoms with E-state index in [1.807, 2.05) is 6.92 Å². The summed E-state index contributed by atoms with van der Waals surface area (Å²) in [5, 5.41) is 0. The van der Waals surface area contributed by atoms with Crippen molar-refractivity contribution in [1.82, 2.24) is 0 Å². The molecule has 1 fully saturated rings. The number of hydrogen-bond acceptors (Lipinski definition) is 4. The molecule has 2 N–H and O–H groups in total. The Bertz CT molecular complexity index is 196. The van der Waals surface area contributed by atoms with Crippen LogP contribution >= 0.6 is 0 Å². The fourth-order valence-electron chi connectivity index (χ4n) is 1.51. The standard InChI is InChI=1S/C10H19NO3/c1-6-4-9(14-8(6)3)5-13-10(12)7(2)11/h6-9H,4-5,11H2,1-3H3/t6-,7?,8-,9-/m0/s1. The van der Waals surface area contributed by atoms with Gasteiger partial charge in [0.2, 0.25) is 0 Å². The van der Waals surface area contributed by atoms with Crippen molar-refractivity contribution >= 4 is 5.97 Å². The van der Waals surface area contributed by atoms with Crippen LogP contribution in [-0.4, -0.2) is 30.8 Å². The topological polar surface area (TPSA) is 61.6 Å². The molecule has 0 bridgehead atoms. The zero-order chi connectivity index (χ0) is 10.7. The molecule has 1 aliphatic heterocycles. The Morgan fingerprint density at radius 2 is 2.29 bits per heavy atom. The third-order valence-corrected chi connectivity index (χ3v) is 2.63. The van der Waals surface area contributed by atoms with Crippen molar-refractivity contribution in [2.75, 3.05) is 6.61 Å². The first-order valence-electron chi connectivity index (χ1n) is 5.08. The van der Waals surface area contributed by atoms with Crippen LogP contribution in [0, 0.1) is 5.92 Å². The minimum atomic E-state index is -0.550. The number of ether oxygens (including phenoxy) is 2. The first-order chi connectivity index (χ1) is 6.50. The summed E-state index contributed by atoms with van der Waals surface area (Å²) in [5.74, 6) is 0.176. The molecule has 0 amide bonds. The molecule has 0 spiro atoms. The first-order valence-corrected chi connectivity index (χ1v) is 5.08. The monoisotopic (exact) mass is 201 g/mol. The zero-order valence-corrected chi connectivity index (χ0v) is 9.03. The maximum absolute atomic E-state index is 11.1. The number of hydrogen-bond donors (Lipinski definition) is 1. The summed E-state index contributed by atoms with van der Waals surface area (Å²) in [4.78, 5) is 11.1. The van der Waals surface area contributed by atoms with Crippen molar-refractivity contribution < 1.29 is 14.3 Å². The number of carbonyl (C=O) groups excluding carboxylic acids is 1. The molecular formula is C10H19NO3. The van der Waals surface area contributed by atoms with Gasteiger partial charge in [-0.2, -0.15) is 0 Å². The lowest BCUT2D eigenvalue weighted by Gasteiger charge is -2.12. The summed E-state index contributed by atoms with van der Waals surface area (Å²) in [6.45, 7) is 6.12. The zero-order valence-electron chi connectivity index (χ0n) is 9.03. The Balaban J connectivity index is 2.23. The smallest absolute Gasteiger partial charge is 0.322 e. The predicted octanol–water partition coefficient (Wildman–Crippen LogP) is 0.690. The van der Waals surface area contributed by atoms with E-state index in [-0.39, 0.29) is 18.2 Å². The Morgan fingerprint density at radius 3 is 2.71 bits per heavy atom. The Morgan fingerprint density at radius 1 is 1.64 bits per heavy atom. The minimum Gasteiger partial charge on any atom is -0.462 e. The highest BCUT2D eigenvalue weighted by Crippen LogP contribution is 2.25. The van der Waals surface area contributed by atoms with Crippen molar-refractivity contribution in [3.05, 3.63) is 0 Å². The highest BCUT2D eigenvalue weighted by atomic mass is 16.6. The average Bonchev–Trinajstić information content (AvgIpc) is 2.42. The van der Waals surface area contributed by atoms with E-state index in [1.54, 1.807) is 6.92 Å². The van der Waals surface area contributed by atoms with Gasteiger partial charge in [0.15, 0.2) is 0 Å². The Kier molecular flexibility index (Phi) is 3.89. The summed E-state index contributed by atoms with van der Waals surface area (Å²) >= 11 is 0. The summed E-state index contributed by atoms with van der Waals surface area (Å²) in [6, 6.07) is -0.550. The maximum Gasteiger partial charge on any atom is 0.322 e. The quantitative estimate of drug-likeness (QED) is 0.682. The van der Waals surface area contributed by atoms with Crippen molar-refractivity contribution in [2.45, 2.75) is 45.4 Å². The van der Waals surface area contributed by atoms with E-state index >= 15 is 0 Å². The van der Waals surface area contributed by atoms with Gasteiger partial charge in [0, 0.05) is 0 Å². The van der Waals surface area contributed by atoms with Crippen LogP contribution in [0.5, 0.6) is 0 Å². The van der Waals surface area contributed by atoms with Gasteiger partial charge in [-0.15, -0.1) is 0 Å². The molecule has 1 unspecified atom stereocenters. The largest absolute Gasteiger partial charge is 0.462 e. The van der Waals surface area contributed by atoms with Gasteiger partial charge in [-0.3, -0.25) is 4.79 Å². The molecule has 14 heavy (non-hydrogen) atoms. The summed E-state index contributed by atoms with van der Waals surface area (Å²) in [7, 11) is 0. The molecule has 4 heteroatoms. The molecule has 1 saturated heterocycles. The molecule has 0 aromatic heterocycles. The normalized spacial score (nSPS) is 34.1. The summed E-state index contributed by atoms with van der Waals surface area (Å²) in [6.07, 6.45) is 1.25. The highest BCUT2D eigenvalue weighted by molar-refractivity contribution is 5.74. The van der Waals surface area contributed by atoms with Crippen LogP contribution in [0.1, 0.15) is 27.2 Å². The molecule has 1 rings (SSSR count). The molecule has 0 aromatic rings. The molecule has 82 valence electrons. The molecule has 0 aromatic carbocycles. The first kappa shape index (κ1) is 11.5. The van der Waals surface area contributed by atoms with Gasteiger partial charge in [-0.1, -0.05) is 6.92 Å². The number of carbonyl (C=O) groups is 1. The second kappa shape index (κ2) is 4.75. The predicted molar refractivity (Wildman–Crippen MR) is 52.7 cm³/mol.